The Morgan fingerprint density at radius 3 is 2.47 bits per heavy atom. The van der Waals surface area contributed by atoms with Gasteiger partial charge in [-0.05, 0) is 43.2 Å². The number of ether oxygens (including phenoxy) is 1. The van der Waals surface area contributed by atoms with E-state index in [4.69, 9.17) is 4.74 Å². The number of nitrogens with one attached hydrogen (secondary N) is 1. The van der Waals surface area contributed by atoms with Gasteiger partial charge in [-0.3, -0.25) is 4.79 Å². The summed E-state index contributed by atoms with van der Waals surface area (Å²) in [4.78, 5) is 13.7. The maximum atomic E-state index is 13.2. The summed E-state index contributed by atoms with van der Waals surface area (Å²) >= 11 is 1.37. The maximum absolute atomic E-state index is 13.2. The molecular formula is C23H23NO4S2. The molecule has 0 saturated carbocycles. The molecule has 1 N–H and O–H groups in total. The SMILES string of the molecule is CCCOc1ccc([C@H]2CC(=O)Nc3c(S(=O)(=O)c4ccc(C)cc4)csc32)cc1. The van der Waals surface area contributed by atoms with Crippen LogP contribution in [0.25, 0.3) is 0 Å². The van der Waals surface area contributed by atoms with Crippen molar-refractivity contribution in [3.05, 3.63) is 69.9 Å². The molecule has 0 fully saturated rings. The first-order valence-electron chi connectivity index (χ1n) is 9.86. The van der Waals surface area contributed by atoms with E-state index in [0.717, 1.165) is 28.2 Å². The minimum absolute atomic E-state index is 0.160. The highest BCUT2D eigenvalue weighted by Gasteiger charge is 2.34. The van der Waals surface area contributed by atoms with E-state index in [1.54, 1.807) is 29.6 Å². The van der Waals surface area contributed by atoms with Crippen LogP contribution in [-0.2, 0) is 14.6 Å². The number of carbonyl (C=O) groups is 1. The van der Waals surface area contributed by atoms with Crippen LogP contribution in [0.3, 0.4) is 0 Å². The van der Waals surface area contributed by atoms with Gasteiger partial charge in [-0.25, -0.2) is 8.42 Å². The Kier molecular flexibility index (Phi) is 5.66. The zero-order valence-corrected chi connectivity index (χ0v) is 18.5. The van der Waals surface area contributed by atoms with Gasteiger partial charge >= 0.3 is 0 Å². The number of hydrogen-bond acceptors (Lipinski definition) is 5. The predicted molar refractivity (Wildman–Crippen MR) is 118 cm³/mol. The summed E-state index contributed by atoms with van der Waals surface area (Å²) < 4.78 is 32.1. The fourth-order valence-corrected chi connectivity index (χ4v) is 6.44. The van der Waals surface area contributed by atoms with Crippen LogP contribution in [0.4, 0.5) is 5.69 Å². The third-order valence-electron chi connectivity index (χ3n) is 5.13. The minimum atomic E-state index is -3.72. The fourth-order valence-electron chi connectivity index (χ4n) is 3.53. The van der Waals surface area contributed by atoms with Crippen molar-refractivity contribution in [3.8, 4) is 5.75 Å². The minimum Gasteiger partial charge on any atom is -0.494 e. The van der Waals surface area contributed by atoms with Gasteiger partial charge in [-0.15, -0.1) is 11.3 Å². The quantitative estimate of drug-likeness (QED) is 0.574. The number of anilines is 1. The molecule has 4 rings (SSSR count). The molecule has 0 bridgehead atoms. The molecule has 0 radical (unpaired) electrons. The average Bonchev–Trinajstić information content (AvgIpc) is 3.17. The summed E-state index contributed by atoms with van der Waals surface area (Å²) in [5, 5.41) is 4.44. The topological polar surface area (TPSA) is 72.5 Å². The molecule has 0 saturated heterocycles. The van der Waals surface area contributed by atoms with Gasteiger partial charge in [0.15, 0.2) is 0 Å². The van der Waals surface area contributed by atoms with Gasteiger partial charge < -0.3 is 10.1 Å². The molecule has 0 unspecified atom stereocenters. The monoisotopic (exact) mass is 441 g/mol. The number of hydrogen-bond donors (Lipinski definition) is 1. The molecule has 1 aromatic heterocycles. The first-order chi connectivity index (χ1) is 14.4. The van der Waals surface area contributed by atoms with Gasteiger partial charge in [0, 0.05) is 22.6 Å². The lowest BCUT2D eigenvalue weighted by Crippen LogP contribution is -2.23. The van der Waals surface area contributed by atoms with E-state index in [2.05, 4.69) is 12.2 Å². The van der Waals surface area contributed by atoms with E-state index < -0.39 is 9.84 Å². The Hall–Kier alpha value is -2.64. The van der Waals surface area contributed by atoms with Crippen molar-refractivity contribution in [1.29, 1.82) is 0 Å². The fraction of sp³-hybridized carbons (Fsp3) is 0.261. The Balaban J connectivity index is 1.71. The molecule has 2 heterocycles. The second kappa shape index (κ2) is 8.24. The molecule has 7 heteroatoms. The van der Waals surface area contributed by atoms with E-state index in [-0.39, 0.29) is 28.0 Å². The van der Waals surface area contributed by atoms with Gasteiger partial charge in [-0.2, -0.15) is 0 Å². The standard InChI is InChI=1S/C23H23NO4S2/c1-3-12-28-17-8-6-16(7-9-17)19-13-21(25)24-22-20(14-29-23(19)22)30(26,27)18-10-4-15(2)5-11-18/h4-11,14,19H,3,12-13H2,1-2H3,(H,24,25)/t19-/m1/s1. The molecule has 5 nitrogen and oxygen atoms in total. The molecule has 3 aromatic rings. The first kappa shape index (κ1) is 20.6. The smallest absolute Gasteiger partial charge is 0.225 e. The number of amides is 1. The van der Waals surface area contributed by atoms with Crippen LogP contribution in [0.5, 0.6) is 5.75 Å². The Morgan fingerprint density at radius 1 is 1.10 bits per heavy atom. The van der Waals surface area contributed by atoms with Crippen LogP contribution in [0.15, 0.2) is 63.7 Å². The Labute approximate surface area is 180 Å². The van der Waals surface area contributed by atoms with Crippen molar-refractivity contribution in [2.75, 3.05) is 11.9 Å². The highest BCUT2D eigenvalue weighted by atomic mass is 32.2. The summed E-state index contributed by atoms with van der Waals surface area (Å²) in [5.41, 5.74) is 2.37. The molecule has 30 heavy (non-hydrogen) atoms. The second-order valence-corrected chi connectivity index (χ2v) is 10.2. The molecule has 1 atom stereocenters. The number of aryl methyl sites for hydroxylation is 1. The maximum Gasteiger partial charge on any atom is 0.225 e. The van der Waals surface area contributed by atoms with Crippen molar-refractivity contribution >= 4 is 32.8 Å². The lowest BCUT2D eigenvalue weighted by atomic mass is 9.90. The van der Waals surface area contributed by atoms with Gasteiger partial charge in [0.25, 0.3) is 0 Å². The van der Waals surface area contributed by atoms with E-state index in [1.165, 1.54) is 11.3 Å². The van der Waals surface area contributed by atoms with Crippen molar-refractivity contribution < 1.29 is 17.9 Å². The summed E-state index contributed by atoms with van der Waals surface area (Å²) in [5.74, 6) is 0.424. The van der Waals surface area contributed by atoms with Gasteiger partial charge in [0.1, 0.15) is 10.6 Å². The molecular weight excluding hydrogens is 418 g/mol. The van der Waals surface area contributed by atoms with Crippen LogP contribution in [0, 0.1) is 6.92 Å². The molecule has 156 valence electrons. The number of thiophene rings is 1. The average molecular weight is 442 g/mol. The lowest BCUT2D eigenvalue weighted by molar-refractivity contribution is -0.116. The molecule has 2 aromatic carbocycles. The second-order valence-electron chi connectivity index (χ2n) is 7.38. The zero-order chi connectivity index (χ0) is 21.3. The highest BCUT2D eigenvalue weighted by molar-refractivity contribution is 7.91. The number of sulfone groups is 1. The third kappa shape index (κ3) is 3.87. The van der Waals surface area contributed by atoms with Gasteiger partial charge in [-0.1, -0.05) is 36.8 Å². The summed E-state index contributed by atoms with van der Waals surface area (Å²) in [6.45, 7) is 4.61. The Bertz CT molecular complexity index is 1160. The molecule has 1 amide bonds. The van der Waals surface area contributed by atoms with Crippen molar-refractivity contribution in [2.24, 2.45) is 0 Å². The van der Waals surface area contributed by atoms with E-state index >= 15 is 0 Å². The van der Waals surface area contributed by atoms with Crippen molar-refractivity contribution in [2.45, 2.75) is 42.4 Å². The lowest BCUT2D eigenvalue weighted by Gasteiger charge is -2.24. The first-order valence-corrected chi connectivity index (χ1v) is 12.2. The van der Waals surface area contributed by atoms with Gasteiger partial charge in [0.2, 0.25) is 15.7 Å². The number of fused-ring (bicyclic) bond motifs is 1. The molecule has 0 spiro atoms. The van der Waals surface area contributed by atoms with Crippen LogP contribution in [-0.4, -0.2) is 20.9 Å². The zero-order valence-electron chi connectivity index (χ0n) is 16.8. The van der Waals surface area contributed by atoms with Crippen molar-refractivity contribution in [1.82, 2.24) is 0 Å². The number of carbonyl (C=O) groups excluding carboxylic acids is 1. The number of benzene rings is 2. The summed E-state index contributed by atoms with van der Waals surface area (Å²) in [7, 11) is -3.72. The molecule has 1 aliphatic rings. The van der Waals surface area contributed by atoms with Crippen LogP contribution >= 0.6 is 11.3 Å². The molecule has 0 aliphatic carbocycles. The third-order valence-corrected chi connectivity index (χ3v) is 8.17. The normalized spacial score (nSPS) is 16.1. The summed E-state index contributed by atoms with van der Waals surface area (Å²) in [6.07, 6.45) is 1.22. The van der Waals surface area contributed by atoms with Gasteiger partial charge in [0.05, 0.1) is 17.2 Å². The van der Waals surface area contributed by atoms with E-state index in [1.807, 2.05) is 31.2 Å². The predicted octanol–water partition coefficient (Wildman–Crippen LogP) is 5.15. The van der Waals surface area contributed by atoms with Crippen molar-refractivity contribution in [3.63, 3.8) is 0 Å². The summed E-state index contributed by atoms with van der Waals surface area (Å²) in [6, 6.07) is 14.4. The van der Waals surface area contributed by atoms with E-state index in [0.29, 0.717) is 12.3 Å². The van der Waals surface area contributed by atoms with Crippen LogP contribution < -0.4 is 10.1 Å². The highest BCUT2D eigenvalue weighted by Crippen LogP contribution is 2.46. The van der Waals surface area contributed by atoms with E-state index in [9.17, 15) is 13.2 Å². The number of rotatable bonds is 6. The van der Waals surface area contributed by atoms with Crippen LogP contribution in [0.1, 0.15) is 41.7 Å². The largest absolute Gasteiger partial charge is 0.494 e. The Morgan fingerprint density at radius 2 is 1.80 bits per heavy atom. The van der Waals surface area contributed by atoms with Crippen LogP contribution in [0.2, 0.25) is 0 Å². The molecule has 1 aliphatic heterocycles.